The van der Waals surface area contributed by atoms with Crippen molar-refractivity contribution < 1.29 is 9.18 Å². The molecule has 0 saturated heterocycles. The molecule has 0 spiro atoms. The number of carbonyl (C=O) groups excluding carboxylic acids is 1. The minimum Gasteiger partial charge on any atom is -0.291 e. The largest absolute Gasteiger partial charge is 0.291 e. The Kier molecular flexibility index (Phi) is 2.86. The maximum Gasteiger partial charge on any atom is 0.199 e. The molecule has 0 fully saturated rings. The molecule has 0 aliphatic heterocycles. The molecule has 70 valence electrons. The molecular formula is C10H10BrFO. The van der Waals surface area contributed by atoms with Crippen LogP contribution in [0.4, 0.5) is 4.39 Å². The fourth-order valence-corrected chi connectivity index (χ4v) is 1.37. The number of benzene rings is 1. The highest BCUT2D eigenvalue weighted by molar-refractivity contribution is 9.10. The van der Waals surface area contributed by atoms with Crippen LogP contribution in [0.5, 0.6) is 0 Å². The highest BCUT2D eigenvalue weighted by atomic mass is 79.9. The summed E-state index contributed by atoms with van der Waals surface area (Å²) in [6.45, 7) is 2.52. The molecule has 0 aliphatic rings. The molecule has 13 heavy (non-hydrogen) atoms. The van der Waals surface area contributed by atoms with Crippen LogP contribution in [0.2, 0.25) is 0 Å². The van der Waals surface area contributed by atoms with Gasteiger partial charge < -0.3 is 0 Å². The molecule has 1 rings (SSSR count). The highest BCUT2D eigenvalue weighted by Gasteiger charge is 2.27. The first-order chi connectivity index (χ1) is 5.91. The van der Waals surface area contributed by atoms with Crippen molar-refractivity contribution in [3.8, 4) is 0 Å². The smallest absolute Gasteiger partial charge is 0.199 e. The van der Waals surface area contributed by atoms with E-state index in [0.717, 1.165) is 4.47 Å². The minimum absolute atomic E-state index is 0.391. The van der Waals surface area contributed by atoms with Crippen LogP contribution in [0.25, 0.3) is 0 Å². The van der Waals surface area contributed by atoms with Gasteiger partial charge in [-0.05, 0) is 26.0 Å². The lowest BCUT2D eigenvalue weighted by molar-refractivity contribution is 0.0760. The lowest BCUT2D eigenvalue weighted by Crippen LogP contribution is -2.25. The molecule has 1 nitrogen and oxygen atoms in total. The van der Waals surface area contributed by atoms with Crippen molar-refractivity contribution in [3.05, 3.63) is 34.3 Å². The topological polar surface area (TPSA) is 17.1 Å². The Morgan fingerprint density at radius 1 is 1.46 bits per heavy atom. The summed E-state index contributed by atoms with van der Waals surface area (Å²) < 4.78 is 14.0. The van der Waals surface area contributed by atoms with E-state index in [1.54, 1.807) is 24.3 Å². The predicted molar refractivity (Wildman–Crippen MR) is 53.7 cm³/mol. The van der Waals surface area contributed by atoms with Crippen LogP contribution in [0.3, 0.4) is 0 Å². The fourth-order valence-electron chi connectivity index (χ4n) is 0.973. The first kappa shape index (κ1) is 10.4. The number of alkyl halides is 1. The molecule has 0 N–H and O–H groups in total. The summed E-state index contributed by atoms with van der Waals surface area (Å²) in [7, 11) is 0. The zero-order valence-corrected chi connectivity index (χ0v) is 9.06. The molecule has 0 aromatic heterocycles. The molecule has 0 heterocycles. The second kappa shape index (κ2) is 3.58. The molecule has 1 aromatic carbocycles. The van der Waals surface area contributed by atoms with E-state index in [-0.39, 0.29) is 0 Å². The standard InChI is InChI=1S/C10H10BrFO/c1-10(2,12)9(13)7-4-3-5-8(11)6-7/h3-6H,1-2H3. The Bertz CT molecular complexity index is 328. The van der Waals surface area contributed by atoms with Gasteiger partial charge in [0.25, 0.3) is 0 Å². The summed E-state index contributed by atoms with van der Waals surface area (Å²) in [6.07, 6.45) is 0. The molecule has 0 saturated carbocycles. The molecular weight excluding hydrogens is 235 g/mol. The predicted octanol–water partition coefficient (Wildman–Crippen LogP) is 3.38. The molecule has 0 radical (unpaired) electrons. The van der Waals surface area contributed by atoms with Crippen molar-refractivity contribution in [3.63, 3.8) is 0 Å². The van der Waals surface area contributed by atoms with Gasteiger partial charge in [0.1, 0.15) is 0 Å². The number of rotatable bonds is 2. The van der Waals surface area contributed by atoms with Crippen LogP contribution < -0.4 is 0 Å². The molecule has 3 heteroatoms. The van der Waals surface area contributed by atoms with Crippen LogP contribution >= 0.6 is 15.9 Å². The monoisotopic (exact) mass is 244 g/mol. The van der Waals surface area contributed by atoms with Gasteiger partial charge in [0.2, 0.25) is 0 Å². The van der Waals surface area contributed by atoms with Crippen LogP contribution in [0, 0.1) is 0 Å². The van der Waals surface area contributed by atoms with E-state index in [1.807, 2.05) is 0 Å². The van der Waals surface area contributed by atoms with E-state index in [4.69, 9.17) is 0 Å². The third-order valence-corrected chi connectivity index (χ3v) is 2.12. The molecule has 0 atom stereocenters. The summed E-state index contributed by atoms with van der Waals surface area (Å²) in [6, 6.07) is 6.73. The van der Waals surface area contributed by atoms with Gasteiger partial charge in [-0.25, -0.2) is 4.39 Å². The van der Waals surface area contributed by atoms with Gasteiger partial charge in [0.15, 0.2) is 11.5 Å². The maximum atomic E-state index is 13.2. The van der Waals surface area contributed by atoms with E-state index >= 15 is 0 Å². The van der Waals surface area contributed by atoms with Gasteiger partial charge in [0.05, 0.1) is 0 Å². The van der Waals surface area contributed by atoms with Gasteiger partial charge in [-0.1, -0.05) is 28.1 Å². The Labute approximate surface area is 85.1 Å². The van der Waals surface area contributed by atoms with Crippen molar-refractivity contribution >= 4 is 21.7 Å². The number of carbonyl (C=O) groups is 1. The van der Waals surface area contributed by atoms with E-state index in [2.05, 4.69) is 15.9 Å². The van der Waals surface area contributed by atoms with Crippen LogP contribution in [-0.4, -0.2) is 11.5 Å². The first-order valence-electron chi connectivity index (χ1n) is 3.90. The summed E-state index contributed by atoms with van der Waals surface area (Å²) in [5, 5.41) is 0. The molecule has 0 bridgehead atoms. The molecule has 0 amide bonds. The number of hydrogen-bond donors (Lipinski definition) is 0. The quantitative estimate of drug-likeness (QED) is 0.730. The van der Waals surface area contributed by atoms with Gasteiger partial charge in [-0.2, -0.15) is 0 Å². The average Bonchev–Trinajstić information content (AvgIpc) is 2.01. The van der Waals surface area contributed by atoms with Crippen molar-refractivity contribution in [1.29, 1.82) is 0 Å². The van der Waals surface area contributed by atoms with E-state index in [0.29, 0.717) is 5.56 Å². The Hall–Kier alpha value is -0.700. The minimum atomic E-state index is -1.80. The Morgan fingerprint density at radius 2 is 2.08 bits per heavy atom. The van der Waals surface area contributed by atoms with Crippen molar-refractivity contribution in [1.82, 2.24) is 0 Å². The lowest BCUT2D eigenvalue weighted by Gasteiger charge is -2.12. The van der Waals surface area contributed by atoms with Crippen LogP contribution in [0.15, 0.2) is 28.7 Å². The summed E-state index contributed by atoms with van der Waals surface area (Å²) >= 11 is 3.22. The third kappa shape index (κ3) is 2.62. The van der Waals surface area contributed by atoms with Gasteiger partial charge in [-0.15, -0.1) is 0 Å². The van der Waals surface area contributed by atoms with Gasteiger partial charge >= 0.3 is 0 Å². The summed E-state index contributed by atoms with van der Waals surface area (Å²) in [5.41, 5.74) is -1.41. The second-order valence-electron chi connectivity index (χ2n) is 3.31. The summed E-state index contributed by atoms with van der Waals surface area (Å²) in [4.78, 5) is 11.4. The number of ketones is 1. The van der Waals surface area contributed by atoms with Gasteiger partial charge in [0, 0.05) is 10.0 Å². The van der Waals surface area contributed by atoms with Crippen molar-refractivity contribution in [2.45, 2.75) is 19.5 Å². The van der Waals surface area contributed by atoms with Crippen molar-refractivity contribution in [2.75, 3.05) is 0 Å². The zero-order chi connectivity index (χ0) is 10.1. The van der Waals surface area contributed by atoms with Crippen LogP contribution in [0.1, 0.15) is 24.2 Å². The van der Waals surface area contributed by atoms with Crippen molar-refractivity contribution in [2.24, 2.45) is 0 Å². The maximum absolute atomic E-state index is 13.2. The normalized spacial score (nSPS) is 11.4. The SMILES string of the molecule is CC(C)(F)C(=O)c1cccc(Br)c1. The number of Topliss-reactive ketones (excluding diaryl/α,β-unsaturated/α-hetero) is 1. The molecule has 1 aromatic rings. The third-order valence-electron chi connectivity index (χ3n) is 1.63. The molecule has 0 unspecified atom stereocenters. The summed E-state index contributed by atoms with van der Waals surface area (Å²) in [5.74, 6) is -0.492. The van der Waals surface area contributed by atoms with E-state index < -0.39 is 11.5 Å². The Morgan fingerprint density at radius 3 is 2.54 bits per heavy atom. The Balaban J connectivity index is 3.03. The number of halogens is 2. The van der Waals surface area contributed by atoms with E-state index in [1.165, 1.54) is 13.8 Å². The van der Waals surface area contributed by atoms with E-state index in [9.17, 15) is 9.18 Å². The number of hydrogen-bond acceptors (Lipinski definition) is 1. The average molecular weight is 245 g/mol. The zero-order valence-electron chi connectivity index (χ0n) is 7.47. The molecule has 0 aliphatic carbocycles. The first-order valence-corrected chi connectivity index (χ1v) is 4.70. The highest BCUT2D eigenvalue weighted by Crippen LogP contribution is 2.19. The van der Waals surface area contributed by atoms with Gasteiger partial charge in [-0.3, -0.25) is 4.79 Å². The second-order valence-corrected chi connectivity index (χ2v) is 4.23. The van der Waals surface area contributed by atoms with Crippen LogP contribution in [-0.2, 0) is 0 Å². The lowest BCUT2D eigenvalue weighted by atomic mass is 9.99. The fraction of sp³-hybridized carbons (Fsp3) is 0.300.